The van der Waals surface area contributed by atoms with Gasteiger partial charge in [0.1, 0.15) is 0 Å². The van der Waals surface area contributed by atoms with Crippen molar-refractivity contribution in [2.45, 2.75) is 38.1 Å². The lowest BCUT2D eigenvalue weighted by Crippen LogP contribution is -2.26. The number of nitrogens with zero attached hydrogens (tertiary/aromatic N) is 3. The van der Waals surface area contributed by atoms with Crippen LogP contribution in [0.4, 0.5) is 5.88 Å². The van der Waals surface area contributed by atoms with Crippen LogP contribution in [-0.2, 0) is 4.79 Å². The van der Waals surface area contributed by atoms with Gasteiger partial charge in [0, 0.05) is 6.07 Å². The molecule has 31 heavy (non-hydrogen) atoms. The minimum absolute atomic E-state index is 0.166. The number of fused-ring (bicyclic) bond motifs is 1. The first-order valence-electron chi connectivity index (χ1n) is 9.84. The zero-order valence-electron chi connectivity index (χ0n) is 17.7. The van der Waals surface area contributed by atoms with E-state index in [0.29, 0.717) is 21.8 Å². The minimum atomic E-state index is -0.533. The quantitative estimate of drug-likeness (QED) is 0.369. The number of aromatic nitrogens is 3. The highest BCUT2D eigenvalue weighted by Gasteiger charge is 2.22. The highest BCUT2D eigenvalue weighted by atomic mass is 32.2. The number of amides is 1. The summed E-state index contributed by atoms with van der Waals surface area (Å²) in [6, 6.07) is 14.7. The van der Waals surface area contributed by atoms with Crippen molar-refractivity contribution in [2.75, 3.05) is 5.32 Å². The SMILES string of the molecule is Cc1cc(NC(=O)C(C)Sc2nc3ccccc3c(=O)n2-c2cccc(C)c2C)on1. The Morgan fingerprint density at radius 2 is 1.90 bits per heavy atom. The zero-order chi connectivity index (χ0) is 22.1. The van der Waals surface area contributed by atoms with Gasteiger partial charge in [-0.25, -0.2) is 4.98 Å². The molecular formula is C23H22N4O3S. The number of rotatable bonds is 5. The van der Waals surface area contributed by atoms with Crippen LogP contribution >= 0.6 is 11.8 Å². The molecule has 0 bridgehead atoms. The number of benzene rings is 2. The molecule has 1 amide bonds. The fourth-order valence-electron chi connectivity index (χ4n) is 3.24. The Hall–Kier alpha value is -3.39. The first-order valence-corrected chi connectivity index (χ1v) is 10.7. The summed E-state index contributed by atoms with van der Waals surface area (Å²) in [6.07, 6.45) is 0. The third kappa shape index (κ3) is 4.11. The summed E-state index contributed by atoms with van der Waals surface area (Å²) >= 11 is 1.22. The summed E-state index contributed by atoms with van der Waals surface area (Å²) < 4.78 is 6.67. The van der Waals surface area contributed by atoms with Gasteiger partial charge >= 0.3 is 0 Å². The molecule has 0 aliphatic carbocycles. The van der Waals surface area contributed by atoms with Crippen LogP contribution in [0.1, 0.15) is 23.7 Å². The van der Waals surface area contributed by atoms with Crippen molar-refractivity contribution < 1.29 is 9.32 Å². The fraction of sp³-hybridized carbons (Fsp3) is 0.217. The molecule has 0 radical (unpaired) electrons. The number of thioether (sulfide) groups is 1. The molecular weight excluding hydrogens is 412 g/mol. The second kappa shape index (κ2) is 8.39. The molecule has 1 N–H and O–H groups in total. The Balaban J connectivity index is 1.78. The topological polar surface area (TPSA) is 90.0 Å². The first kappa shape index (κ1) is 20.9. The van der Waals surface area contributed by atoms with E-state index in [1.165, 1.54) is 11.8 Å². The minimum Gasteiger partial charge on any atom is -0.338 e. The Bertz CT molecular complexity index is 1340. The number of anilines is 1. The maximum Gasteiger partial charge on any atom is 0.266 e. The van der Waals surface area contributed by atoms with E-state index in [1.54, 1.807) is 36.6 Å². The number of para-hydroxylation sites is 1. The maximum absolute atomic E-state index is 13.4. The standard InChI is InChI=1S/C23H22N4O3S/c1-13-8-7-11-19(15(13)3)27-22(29)17-9-5-6-10-18(17)24-23(27)31-16(4)21(28)25-20-12-14(2)26-30-20/h5-12,16H,1-4H3,(H,25,28). The molecule has 2 aromatic carbocycles. The van der Waals surface area contributed by atoms with Crippen molar-refractivity contribution in [1.82, 2.24) is 14.7 Å². The summed E-state index contributed by atoms with van der Waals surface area (Å²) in [5, 5.41) is 6.94. The van der Waals surface area contributed by atoms with Crippen LogP contribution in [0.5, 0.6) is 0 Å². The zero-order valence-corrected chi connectivity index (χ0v) is 18.5. The lowest BCUT2D eigenvalue weighted by molar-refractivity contribution is -0.115. The second-order valence-corrected chi connectivity index (χ2v) is 8.66. The highest BCUT2D eigenvalue weighted by Crippen LogP contribution is 2.27. The molecule has 8 heteroatoms. The number of aryl methyl sites for hydroxylation is 2. The summed E-state index contributed by atoms with van der Waals surface area (Å²) in [7, 11) is 0. The van der Waals surface area contributed by atoms with Crippen LogP contribution in [0.25, 0.3) is 16.6 Å². The molecule has 0 fully saturated rings. The lowest BCUT2D eigenvalue weighted by atomic mass is 10.1. The van der Waals surface area contributed by atoms with Crippen LogP contribution in [0.2, 0.25) is 0 Å². The van der Waals surface area contributed by atoms with Gasteiger partial charge in [-0.05, 0) is 57.0 Å². The van der Waals surface area contributed by atoms with Gasteiger partial charge in [0.15, 0.2) is 5.16 Å². The van der Waals surface area contributed by atoms with Gasteiger partial charge in [0.25, 0.3) is 5.56 Å². The van der Waals surface area contributed by atoms with E-state index in [1.807, 2.05) is 44.2 Å². The van der Waals surface area contributed by atoms with Crippen LogP contribution in [0.15, 0.2) is 63.0 Å². The van der Waals surface area contributed by atoms with Crippen molar-refractivity contribution in [1.29, 1.82) is 0 Å². The van der Waals surface area contributed by atoms with E-state index >= 15 is 0 Å². The maximum atomic E-state index is 13.4. The second-order valence-electron chi connectivity index (χ2n) is 7.35. The van der Waals surface area contributed by atoms with E-state index in [9.17, 15) is 9.59 Å². The smallest absolute Gasteiger partial charge is 0.266 e. The molecule has 0 aliphatic rings. The van der Waals surface area contributed by atoms with E-state index in [2.05, 4.69) is 10.5 Å². The van der Waals surface area contributed by atoms with Gasteiger partial charge in [-0.3, -0.25) is 19.5 Å². The summed E-state index contributed by atoms with van der Waals surface area (Å²) in [4.78, 5) is 30.9. The molecule has 1 atom stereocenters. The Morgan fingerprint density at radius 3 is 2.65 bits per heavy atom. The molecule has 4 rings (SSSR count). The van der Waals surface area contributed by atoms with Gasteiger partial charge in [-0.15, -0.1) is 0 Å². The number of hydrogen-bond acceptors (Lipinski definition) is 6. The van der Waals surface area contributed by atoms with Gasteiger partial charge in [-0.2, -0.15) is 0 Å². The predicted molar refractivity (Wildman–Crippen MR) is 122 cm³/mol. The van der Waals surface area contributed by atoms with Crippen LogP contribution in [0.3, 0.4) is 0 Å². The molecule has 0 aliphatic heterocycles. The number of nitrogens with one attached hydrogen (secondary N) is 1. The van der Waals surface area contributed by atoms with Crippen LogP contribution in [0, 0.1) is 20.8 Å². The average Bonchev–Trinajstić information content (AvgIpc) is 3.15. The third-order valence-electron chi connectivity index (χ3n) is 5.09. The van der Waals surface area contributed by atoms with Gasteiger partial charge in [0.2, 0.25) is 11.8 Å². The number of carbonyl (C=O) groups excluding carboxylic acids is 1. The summed E-state index contributed by atoms with van der Waals surface area (Å²) in [5.41, 5.74) is 3.91. The lowest BCUT2D eigenvalue weighted by Gasteiger charge is -2.18. The van der Waals surface area contributed by atoms with Crippen molar-refractivity contribution in [3.63, 3.8) is 0 Å². The van der Waals surface area contributed by atoms with E-state index in [4.69, 9.17) is 9.51 Å². The Labute approximate surface area is 183 Å². The van der Waals surface area contributed by atoms with E-state index < -0.39 is 5.25 Å². The monoisotopic (exact) mass is 434 g/mol. The fourth-order valence-corrected chi connectivity index (χ4v) is 4.16. The number of hydrogen-bond donors (Lipinski definition) is 1. The van der Waals surface area contributed by atoms with Gasteiger partial charge in [-0.1, -0.05) is 41.2 Å². The predicted octanol–water partition coefficient (Wildman–Crippen LogP) is 4.42. The molecule has 158 valence electrons. The third-order valence-corrected chi connectivity index (χ3v) is 6.14. The normalized spacial score (nSPS) is 12.1. The molecule has 2 heterocycles. The van der Waals surface area contributed by atoms with Crippen molar-refractivity contribution in [2.24, 2.45) is 0 Å². The molecule has 1 unspecified atom stereocenters. The van der Waals surface area contributed by atoms with E-state index in [-0.39, 0.29) is 17.4 Å². The molecule has 0 saturated carbocycles. The average molecular weight is 435 g/mol. The molecule has 0 spiro atoms. The van der Waals surface area contributed by atoms with E-state index in [0.717, 1.165) is 16.8 Å². The van der Waals surface area contributed by atoms with Gasteiger partial charge < -0.3 is 4.52 Å². The molecule has 0 saturated heterocycles. The summed E-state index contributed by atoms with van der Waals surface area (Å²) in [6.45, 7) is 7.51. The number of carbonyl (C=O) groups is 1. The van der Waals surface area contributed by atoms with Gasteiger partial charge in [0.05, 0.1) is 27.5 Å². The van der Waals surface area contributed by atoms with Crippen LogP contribution in [-0.4, -0.2) is 25.9 Å². The molecule has 4 aromatic rings. The van der Waals surface area contributed by atoms with Crippen molar-refractivity contribution in [3.8, 4) is 5.69 Å². The molecule has 2 aromatic heterocycles. The van der Waals surface area contributed by atoms with Crippen LogP contribution < -0.4 is 10.9 Å². The summed E-state index contributed by atoms with van der Waals surface area (Å²) in [5.74, 6) is 0.0180. The van der Waals surface area contributed by atoms with Crippen molar-refractivity contribution >= 4 is 34.5 Å². The Kier molecular flexibility index (Phi) is 5.65. The Morgan fingerprint density at radius 1 is 1.13 bits per heavy atom. The van der Waals surface area contributed by atoms with Crippen molar-refractivity contribution in [3.05, 3.63) is 75.7 Å². The first-order chi connectivity index (χ1) is 14.8. The largest absolute Gasteiger partial charge is 0.338 e. The highest BCUT2D eigenvalue weighted by molar-refractivity contribution is 8.00. The molecule has 7 nitrogen and oxygen atoms in total.